The van der Waals surface area contributed by atoms with E-state index in [0.29, 0.717) is 31.1 Å². The molecule has 0 bridgehead atoms. The second-order valence-electron chi connectivity index (χ2n) is 6.92. The van der Waals surface area contributed by atoms with E-state index in [1.54, 1.807) is 28.4 Å². The minimum atomic E-state index is -3.51. The Labute approximate surface area is 165 Å². The molecular formula is C20H26N2O3S2. The highest BCUT2D eigenvalue weighted by Crippen LogP contribution is 2.24. The van der Waals surface area contributed by atoms with E-state index in [1.165, 1.54) is 4.31 Å². The number of piperazine rings is 1. The van der Waals surface area contributed by atoms with Gasteiger partial charge in [0.1, 0.15) is 0 Å². The predicted molar refractivity (Wildman–Crippen MR) is 109 cm³/mol. The quantitative estimate of drug-likeness (QED) is 0.764. The van der Waals surface area contributed by atoms with Crippen LogP contribution in [0.5, 0.6) is 0 Å². The lowest BCUT2D eigenvalue weighted by Gasteiger charge is -2.34. The normalized spacial score (nSPS) is 15.9. The molecule has 1 aromatic heterocycles. The fourth-order valence-electron chi connectivity index (χ4n) is 3.41. The molecule has 0 N–H and O–H groups in total. The van der Waals surface area contributed by atoms with Gasteiger partial charge in [-0.2, -0.15) is 4.31 Å². The third-order valence-corrected chi connectivity index (χ3v) is 7.78. The topological polar surface area (TPSA) is 57.7 Å². The summed E-state index contributed by atoms with van der Waals surface area (Å²) in [5.41, 5.74) is 1.88. The zero-order valence-electron chi connectivity index (χ0n) is 16.1. The highest BCUT2D eigenvalue weighted by atomic mass is 32.2. The summed E-state index contributed by atoms with van der Waals surface area (Å²) in [7, 11) is -3.51. The van der Waals surface area contributed by atoms with Gasteiger partial charge in [0.15, 0.2) is 0 Å². The van der Waals surface area contributed by atoms with Crippen molar-refractivity contribution in [2.24, 2.45) is 0 Å². The van der Waals surface area contributed by atoms with E-state index in [9.17, 15) is 13.2 Å². The molecule has 3 rings (SSSR count). The lowest BCUT2D eigenvalue weighted by molar-refractivity contribution is 0.0697. The number of amides is 1. The van der Waals surface area contributed by atoms with Crippen molar-refractivity contribution < 1.29 is 13.2 Å². The molecule has 2 aromatic rings. The van der Waals surface area contributed by atoms with Gasteiger partial charge < -0.3 is 4.90 Å². The van der Waals surface area contributed by atoms with E-state index in [-0.39, 0.29) is 5.91 Å². The molecule has 1 fully saturated rings. The van der Waals surface area contributed by atoms with Crippen molar-refractivity contribution in [3.8, 4) is 0 Å². The van der Waals surface area contributed by atoms with E-state index in [4.69, 9.17) is 0 Å². The molecule has 0 radical (unpaired) electrons. The van der Waals surface area contributed by atoms with E-state index < -0.39 is 10.0 Å². The van der Waals surface area contributed by atoms with Crippen LogP contribution in [0.1, 0.15) is 39.0 Å². The number of hydrogen-bond donors (Lipinski definition) is 0. The van der Waals surface area contributed by atoms with Crippen molar-refractivity contribution in [1.29, 1.82) is 0 Å². The molecule has 1 aliphatic rings. The molecule has 0 saturated carbocycles. The summed E-state index contributed by atoms with van der Waals surface area (Å²) >= 11 is 1.61. The number of benzene rings is 1. The molecule has 1 aliphatic heterocycles. The van der Waals surface area contributed by atoms with Crippen LogP contribution in [0, 0.1) is 13.8 Å². The Kier molecular flexibility index (Phi) is 6.03. The molecule has 1 saturated heterocycles. The average Bonchev–Trinajstić information content (AvgIpc) is 3.00. The number of rotatable bonds is 5. The largest absolute Gasteiger partial charge is 0.336 e. The number of thiophene rings is 1. The Hall–Kier alpha value is -1.70. The zero-order valence-corrected chi connectivity index (χ0v) is 17.7. The summed E-state index contributed by atoms with van der Waals surface area (Å²) in [6, 6.07) is 9.07. The molecule has 1 aromatic carbocycles. The Morgan fingerprint density at radius 3 is 2.22 bits per heavy atom. The number of carbonyl (C=O) groups excluding carboxylic acids is 1. The van der Waals surface area contributed by atoms with Crippen molar-refractivity contribution >= 4 is 27.3 Å². The van der Waals surface area contributed by atoms with E-state index in [1.807, 2.05) is 32.0 Å². The van der Waals surface area contributed by atoms with Crippen molar-refractivity contribution in [3.05, 3.63) is 51.2 Å². The van der Waals surface area contributed by atoms with Gasteiger partial charge in [-0.25, -0.2) is 8.42 Å². The summed E-state index contributed by atoms with van der Waals surface area (Å²) in [5, 5.41) is 0. The molecule has 0 spiro atoms. The van der Waals surface area contributed by atoms with Gasteiger partial charge in [-0.3, -0.25) is 4.79 Å². The Balaban J connectivity index is 1.67. The average molecular weight is 407 g/mol. The van der Waals surface area contributed by atoms with Crippen LogP contribution < -0.4 is 0 Å². The summed E-state index contributed by atoms with van der Waals surface area (Å²) in [4.78, 5) is 16.9. The summed E-state index contributed by atoms with van der Waals surface area (Å²) in [6.45, 7) is 7.53. The molecule has 7 heteroatoms. The minimum Gasteiger partial charge on any atom is -0.336 e. The fourth-order valence-corrected chi connectivity index (χ4v) is 5.75. The Morgan fingerprint density at radius 1 is 1.07 bits per heavy atom. The second-order valence-corrected chi connectivity index (χ2v) is 10.3. The van der Waals surface area contributed by atoms with Crippen molar-refractivity contribution in [1.82, 2.24) is 9.21 Å². The van der Waals surface area contributed by atoms with E-state index in [0.717, 1.165) is 33.7 Å². The van der Waals surface area contributed by atoms with Gasteiger partial charge in [-0.1, -0.05) is 25.5 Å². The molecule has 0 atom stereocenters. The number of carbonyl (C=O) groups is 1. The van der Waals surface area contributed by atoms with Gasteiger partial charge in [0.05, 0.1) is 10.5 Å². The first kappa shape index (κ1) is 20.0. The maximum Gasteiger partial charge on any atom is 0.255 e. The molecule has 0 unspecified atom stereocenters. The van der Waals surface area contributed by atoms with Gasteiger partial charge in [0.2, 0.25) is 10.0 Å². The van der Waals surface area contributed by atoms with Crippen LogP contribution in [-0.4, -0.2) is 49.7 Å². The third kappa shape index (κ3) is 4.25. The first-order valence-corrected chi connectivity index (χ1v) is 11.5. The minimum absolute atomic E-state index is 0.00202. The molecule has 2 heterocycles. The van der Waals surface area contributed by atoms with Gasteiger partial charge >= 0.3 is 0 Å². The number of hydrogen-bond acceptors (Lipinski definition) is 4. The van der Waals surface area contributed by atoms with Crippen LogP contribution in [0.4, 0.5) is 0 Å². The summed E-state index contributed by atoms with van der Waals surface area (Å²) in [5.74, 6) is -0.00202. The van der Waals surface area contributed by atoms with Crippen LogP contribution in [-0.2, 0) is 16.4 Å². The Bertz CT molecular complexity index is 909. The van der Waals surface area contributed by atoms with Gasteiger partial charge in [0.25, 0.3) is 5.91 Å². The van der Waals surface area contributed by atoms with Gasteiger partial charge in [-0.15, -0.1) is 11.3 Å². The summed E-state index contributed by atoms with van der Waals surface area (Å²) in [6.07, 6.45) is 1.98. The number of nitrogens with zero attached hydrogens (tertiary/aromatic N) is 2. The van der Waals surface area contributed by atoms with Gasteiger partial charge in [-0.05, 0) is 44.0 Å². The number of aryl methyl sites for hydroxylation is 3. The summed E-state index contributed by atoms with van der Waals surface area (Å²) < 4.78 is 27.3. The second kappa shape index (κ2) is 8.12. The maximum absolute atomic E-state index is 12.9. The highest BCUT2D eigenvalue weighted by molar-refractivity contribution is 7.89. The van der Waals surface area contributed by atoms with Gasteiger partial charge in [0, 0.05) is 35.9 Å². The monoisotopic (exact) mass is 406 g/mol. The molecular weight excluding hydrogens is 380 g/mol. The smallest absolute Gasteiger partial charge is 0.255 e. The van der Waals surface area contributed by atoms with E-state index >= 15 is 0 Å². The standard InChI is InChI=1S/C20H26N2O3S2/c1-4-5-17-6-8-18(9-7-17)27(24,25)22-12-10-21(11-13-22)20(23)19-14-15(2)26-16(19)3/h6-9,14H,4-5,10-13H2,1-3H3. The third-order valence-electron chi connectivity index (χ3n) is 4.90. The van der Waals surface area contributed by atoms with E-state index in [2.05, 4.69) is 6.92 Å². The van der Waals surface area contributed by atoms with Crippen LogP contribution in [0.25, 0.3) is 0 Å². The van der Waals surface area contributed by atoms with Crippen molar-refractivity contribution in [3.63, 3.8) is 0 Å². The molecule has 146 valence electrons. The highest BCUT2D eigenvalue weighted by Gasteiger charge is 2.31. The van der Waals surface area contributed by atoms with Crippen LogP contribution in [0.2, 0.25) is 0 Å². The van der Waals surface area contributed by atoms with Crippen molar-refractivity contribution in [2.75, 3.05) is 26.2 Å². The molecule has 1 amide bonds. The zero-order chi connectivity index (χ0) is 19.6. The molecule has 0 aliphatic carbocycles. The molecule has 5 nitrogen and oxygen atoms in total. The first-order valence-electron chi connectivity index (χ1n) is 9.28. The first-order chi connectivity index (χ1) is 12.8. The molecule has 27 heavy (non-hydrogen) atoms. The van der Waals surface area contributed by atoms with Crippen LogP contribution >= 0.6 is 11.3 Å². The SMILES string of the molecule is CCCc1ccc(S(=O)(=O)N2CCN(C(=O)c3cc(C)sc3C)CC2)cc1. The van der Waals surface area contributed by atoms with Crippen molar-refractivity contribution in [2.45, 2.75) is 38.5 Å². The predicted octanol–water partition coefficient (Wildman–Crippen LogP) is 3.46. The van der Waals surface area contributed by atoms with Crippen LogP contribution in [0.15, 0.2) is 35.2 Å². The lowest BCUT2D eigenvalue weighted by atomic mass is 10.1. The fraction of sp³-hybridized carbons (Fsp3) is 0.450. The maximum atomic E-state index is 12.9. The number of sulfonamides is 1. The Morgan fingerprint density at radius 2 is 1.70 bits per heavy atom. The van der Waals surface area contributed by atoms with Crippen LogP contribution in [0.3, 0.4) is 0 Å². The lowest BCUT2D eigenvalue weighted by Crippen LogP contribution is -2.50.